The fourth-order valence-corrected chi connectivity index (χ4v) is 1.66. The Morgan fingerprint density at radius 3 is 2.47 bits per heavy atom. The average Bonchev–Trinajstić information content (AvgIpc) is 2.65. The predicted octanol–water partition coefficient (Wildman–Crippen LogP) is 2.68. The number of ether oxygens (including phenoxy) is 1. The Hall–Kier alpha value is -1.62. The van der Waals surface area contributed by atoms with Crippen LogP contribution in [0.5, 0.6) is 10.9 Å². The SMILES string of the molecule is CNc1ccc(Oc2nnc(C)s2)cc1. The number of nitrogens with zero attached hydrogens (tertiary/aromatic N) is 2. The second-order valence-electron chi connectivity index (χ2n) is 2.96. The number of aryl methyl sites for hydroxylation is 1. The van der Waals surface area contributed by atoms with Crippen LogP contribution >= 0.6 is 11.3 Å². The maximum atomic E-state index is 5.52. The Labute approximate surface area is 91.9 Å². The second kappa shape index (κ2) is 4.27. The summed E-state index contributed by atoms with van der Waals surface area (Å²) in [6.07, 6.45) is 0. The van der Waals surface area contributed by atoms with Crippen molar-refractivity contribution in [3.8, 4) is 10.9 Å². The minimum Gasteiger partial charge on any atom is -0.430 e. The van der Waals surface area contributed by atoms with Gasteiger partial charge in [0.25, 0.3) is 5.19 Å². The molecule has 15 heavy (non-hydrogen) atoms. The smallest absolute Gasteiger partial charge is 0.299 e. The van der Waals surface area contributed by atoms with E-state index in [2.05, 4.69) is 15.5 Å². The molecule has 2 rings (SSSR count). The Morgan fingerprint density at radius 2 is 1.93 bits per heavy atom. The van der Waals surface area contributed by atoms with Crippen LogP contribution in [-0.2, 0) is 0 Å². The summed E-state index contributed by atoms with van der Waals surface area (Å²) in [5, 5.41) is 12.3. The molecule has 1 aromatic heterocycles. The van der Waals surface area contributed by atoms with Gasteiger partial charge in [0, 0.05) is 12.7 Å². The fourth-order valence-electron chi connectivity index (χ4n) is 1.11. The lowest BCUT2D eigenvalue weighted by atomic mass is 10.3. The van der Waals surface area contributed by atoms with E-state index in [9.17, 15) is 0 Å². The molecule has 1 aromatic carbocycles. The number of anilines is 1. The second-order valence-corrected chi connectivity index (χ2v) is 4.11. The van der Waals surface area contributed by atoms with Gasteiger partial charge in [0.1, 0.15) is 10.8 Å². The number of rotatable bonds is 3. The standard InChI is InChI=1S/C10H11N3OS/c1-7-12-13-10(15-7)14-9-5-3-8(11-2)4-6-9/h3-6,11H,1-2H3. The molecule has 1 heterocycles. The molecule has 0 spiro atoms. The number of aromatic nitrogens is 2. The number of hydrogen-bond donors (Lipinski definition) is 1. The summed E-state index contributed by atoms with van der Waals surface area (Å²) in [7, 11) is 1.88. The van der Waals surface area contributed by atoms with E-state index >= 15 is 0 Å². The van der Waals surface area contributed by atoms with Crippen LogP contribution in [0, 0.1) is 6.92 Å². The Kier molecular flexibility index (Phi) is 2.82. The van der Waals surface area contributed by atoms with Crippen LogP contribution in [0.15, 0.2) is 24.3 Å². The van der Waals surface area contributed by atoms with Crippen molar-refractivity contribution in [3.63, 3.8) is 0 Å². The Bertz CT molecular complexity index is 438. The van der Waals surface area contributed by atoms with E-state index < -0.39 is 0 Å². The Morgan fingerprint density at radius 1 is 1.20 bits per heavy atom. The minimum atomic E-state index is 0.574. The highest BCUT2D eigenvalue weighted by atomic mass is 32.1. The van der Waals surface area contributed by atoms with Crippen LogP contribution in [-0.4, -0.2) is 17.2 Å². The maximum Gasteiger partial charge on any atom is 0.299 e. The summed E-state index contributed by atoms with van der Waals surface area (Å²) in [5.41, 5.74) is 1.05. The first-order valence-corrected chi connectivity index (χ1v) is 5.35. The first-order chi connectivity index (χ1) is 7.28. The zero-order valence-electron chi connectivity index (χ0n) is 8.52. The molecule has 0 amide bonds. The maximum absolute atomic E-state index is 5.52. The van der Waals surface area contributed by atoms with Gasteiger partial charge in [-0.05, 0) is 31.2 Å². The van der Waals surface area contributed by atoms with Gasteiger partial charge in [-0.1, -0.05) is 16.4 Å². The molecule has 5 heteroatoms. The van der Waals surface area contributed by atoms with Crippen LogP contribution in [0.2, 0.25) is 0 Å². The van der Waals surface area contributed by atoms with E-state index in [1.165, 1.54) is 11.3 Å². The van der Waals surface area contributed by atoms with Gasteiger partial charge in [0.2, 0.25) is 0 Å². The van der Waals surface area contributed by atoms with Crippen molar-refractivity contribution in [1.82, 2.24) is 10.2 Å². The molecule has 0 unspecified atom stereocenters. The van der Waals surface area contributed by atoms with E-state index in [0.717, 1.165) is 16.4 Å². The van der Waals surface area contributed by atoms with Crippen molar-refractivity contribution < 1.29 is 4.74 Å². The molecule has 78 valence electrons. The van der Waals surface area contributed by atoms with E-state index in [0.29, 0.717) is 5.19 Å². The zero-order chi connectivity index (χ0) is 10.7. The molecule has 0 fully saturated rings. The van der Waals surface area contributed by atoms with E-state index in [-0.39, 0.29) is 0 Å². The summed E-state index contributed by atoms with van der Waals surface area (Å²) < 4.78 is 5.52. The van der Waals surface area contributed by atoms with Gasteiger partial charge >= 0.3 is 0 Å². The number of benzene rings is 1. The molecular weight excluding hydrogens is 210 g/mol. The Balaban J connectivity index is 2.11. The third-order valence-electron chi connectivity index (χ3n) is 1.86. The third kappa shape index (κ3) is 2.44. The van der Waals surface area contributed by atoms with Crippen molar-refractivity contribution in [1.29, 1.82) is 0 Å². The number of hydrogen-bond acceptors (Lipinski definition) is 5. The molecule has 0 radical (unpaired) electrons. The van der Waals surface area contributed by atoms with Crippen LogP contribution in [0.1, 0.15) is 5.01 Å². The summed E-state index contributed by atoms with van der Waals surface area (Å²) in [6.45, 7) is 1.90. The lowest BCUT2D eigenvalue weighted by Crippen LogP contribution is -1.88. The molecule has 0 aliphatic rings. The van der Waals surface area contributed by atoms with Crippen molar-refractivity contribution in [3.05, 3.63) is 29.3 Å². The van der Waals surface area contributed by atoms with Crippen molar-refractivity contribution in [2.45, 2.75) is 6.92 Å². The van der Waals surface area contributed by atoms with Crippen molar-refractivity contribution >= 4 is 17.0 Å². The van der Waals surface area contributed by atoms with Crippen LogP contribution < -0.4 is 10.1 Å². The molecular formula is C10H11N3OS. The third-order valence-corrected chi connectivity index (χ3v) is 2.57. The number of nitrogens with one attached hydrogen (secondary N) is 1. The van der Waals surface area contributed by atoms with Crippen molar-refractivity contribution in [2.24, 2.45) is 0 Å². The van der Waals surface area contributed by atoms with Gasteiger partial charge in [-0.25, -0.2) is 0 Å². The van der Waals surface area contributed by atoms with E-state index in [4.69, 9.17) is 4.74 Å². The molecule has 1 N–H and O–H groups in total. The van der Waals surface area contributed by atoms with Gasteiger partial charge in [-0.2, -0.15) is 0 Å². The van der Waals surface area contributed by atoms with E-state index in [1.807, 2.05) is 38.2 Å². The molecule has 2 aromatic rings. The highest BCUT2D eigenvalue weighted by Gasteiger charge is 2.02. The van der Waals surface area contributed by atoms with E-state index in [1.54, 1.807) is 0 Å². The highest BCUT2D eigenvalue weighted by molar-refractivity contribution is 7.13. The predicted molar refractivity (Wildman–Crippen MR) is 60.7 cm³/mol. The topological polar surface area (TPSA) is 47.0 Å². The molecule has 4 nitrogen and oxygen atoms in total. The molecule has 0 saturated heterocycles. The molecule has 0 bridgehead atoms. The largest absolute Gasteiger partial charge is 0.430 e. The van der Waals surface area contributed by atoms with Gasteiger partial charge in [0.15, 0.2) is 0 Å². The molecule has 0 aliphatic heterocycles. The minimum absolute atomic E-state index is 0.574. The van der Waals surface area contributed by atoms with Gasteiger partial charge in [-0.3, -0.25) is 0 Å². The summed E-state index contributed by atoms with van der Waals surface area (Å²) in [6, 6.07) is 7.68. The lowest BCUT2D eigenvalue weighted by Gasteiger charge is -2.02. The molecule has 0 atom stereocenters. The quantitative estimate of drug-likeness (QED) is 0.865. The molecule has 0 saturated carbocycles. The van der Waals surface area contributed by atoms with Crippen LogP contribution in [0.25, 0.3) is 0 Å². The normalized spacial score (nSPS) is 10.0. The van der Waals surface area contributed by atoms with Gasteiger partial charge in [0.05, 0.1) is 0 Å². The molecule has 0 aliphatic carbocycles. The summed E-state index contributed by atoms with van der Waals surface area (Å²) >= 11 is 1.43. The zero-order valence-corrected chi connectivity index (χ0v) is 9.34. The summed E-state index contributed by atoms with van der Waals surface area (Å²) in [5.74, 6) is 0.769. The average molecular weight is 221 g/mol. The first kappa shape index (κ1) is 9.92. The summed E-state index contributed by atoms with van der Waals surface area (Å²) in [4.78, 5) is 0. The fraction of sp³-hybridized carbons (Fsp3) is 0.200. The van der Waals surface area contributed by atoms with Gasteiger partial charge in [-0.15, -0.1) is 5.10 Å². The van der Waals surface area contributed by atoms with Crippen LogP contribution in [0.3, 0.4) is 0 Å². The van der Waals surface area contributed by atoms with Gasteiger partial charge < -0.3 is 10.1 Å². The first-order valence-electron chi connectivity index (χ1n) is 4.54. The highest BCUT2D eigenvalue weighted by Crippen LogP contribution is 2.25. The lowest BCUT2D eigenvalue weighted by molar-refractivity contribution is 0.473. The van der Waals surface area contributed by atoms with Crippen LogP contribution in [0.4, 0.5) is 5.69 Å². The van der Waals surface area contributed by atoms with Crippen molar-refractivity contribution in [2.75, 3.05) is 12.4 Å². The monoisotopic (exact) mass is 221 g/mol.